The van der Waals surface area contributed by atoms with Gasteiger partial charge in [-0.2, -0.15) is 0 Å². The van der Waals surface area contributed by atoms with E-state index in [-0.39, 0.29) is 0 Å². The monoisotopic (exact) mass is 290 g/mol. The number of aryl methyl sites for hydroxylation is 1. The average molecular weight is 290 g/mol. The summed E-state index contributed by atoms with van der Waals surface area (Å²) in [5.74, 6) is 0.820. The van der Waals surface area contributed by atoms with Gasteiger partial charge in [-0.1, -0.05) is 19.9 Å². The molecule has 1 unspecified atom stereocenters. The molecule has 1 atom stereocenters. The van der Waals surface area contributed by atoms with Crippen molar-refractivity contribution in [1.82, 2.24) is 10.3 Å². The van der Waals surface area contributed by atoms with E-state index in [1.807, 2.05) is 6.20 Å². The first kappa shape index (κ1) is 16.4. The van der Waals surface area contributed by atoms with Gasteiger partial charge in [0.15, 0.2) is 0 Å². The minimum Gasteiger partial charge on any atom is -0.378 e. The van der Waals surface area contributed by atoms with Crippen LogP contribution < -0.4 is 5.32 Å². The molecule has 1 heterocycles. The minimum absolute atomic E-state index is 0.518. The first-order valence-corrected chi connectivity index (χ1v) is 8.53. The van der Waals surface area contributed by atoms with Crippen molar-refractivity contribution in [1.29, 1.82) is 0 Å². The highest BCUT2D eigenvalue weighted by atomic mass is 16.5. The van der Waals surface area contributed by atoms with Crippen molar-refractivity contribution in [2.24, 2.45) is 5.92 Å². The molecule has 3 nitrogen and oxygen atoms in total. The van der Waals surface area contributed by atoms with E-state index in [0.717, 1.165) is 31.9 Å². The molecular weight excluding hydrogens is 260 g/mol. The normalized spacial score (nSPS) is 22.8. The smallest absolute Gasteiger partial charge is 0.0580 e. The minimum atomic E-state index is 0.518. The van der Waals surface area contributed by atoms with Crippen molar-refractivity contribution < 1.29 is 4.74 Å². The summed E-state index contributed by atoms with van der Waals surface area (Å²) < 4.78 is 5.66. The molecule has 1 aromatic heterocycles. The van der Waals surface area contributed by atoms with E-state index >= 15 is 0 Å². The van der Waals surface area contributed by atoms with Crippen molar-refractivity contribution >= 4 is 0 Å². The van der Waals surface area contributed by atoms with E-state index in [1.165, 1.54) is 30.5 Å². The number of hydrogen-bond acceptors (Lipinski definition) is 3. The van der Waals surface area contributed by atoms with Crippen molar-refractivity contribution in [2.45, 2.75) is 65.0 Å². The molecule has 21 heavy (non-hydrogen) atoms. The summed E-state index contributed by atoms with van der Waals surface area (Å²) in [6.07, 6.45) is 8.35. The Morgan fingerprint density at radius 3 is 2.67 bits per heavy atom. The molecule has 0 saturated heterocycles. The van der Waals surface area contributed by atoms with E-state index < -0.39 is 0 Å². The Bertz CT molecular complexity index is 398. The average Bonchev–Trinajstić information content (AvgIpc) is 2.46. The maximum atomic E-state index is 5.66. The van der Waals surface area contributed by atoms with Crippen molar-refractivity contribution in [3.05, 3.63) is 29.6 Å². The van der Waals surface area contributed by atoms with Gasteiger partial charge < -0.3 is 10.1 Å². The highest BCUT2D eigenvalue weighted by Gasteiger charge is 2.31. The van der Waals surface area contributed by atoms with Crippen LogP contribution in [0.25, 0.3) is 0 Å². The summed E-state index contributed by atoms with van der Waals surface area (Å²) in [4.78, 5) is 4.60. The number of hydrogen-bond donors (Lipinski definition) is 1. The number of pyridine rings is 1. The second-order valence-electron chi connectivity index (χ2n) is 6.12. The Morgan fingerprint density at radius 1 is 1.29 bits per heavy atom. The molecule has 1 aliphatic carbocycles. The van der Waals surface area contributed by atoms with Gasteiger partial charge in [0.25, 0.3) is 0 Å². The summed E-state index contributed by atoms with van der Waals surface area (Å²) in [6, 6.07) is 4.94. The topological polar surface area (TPSA) is 34.2 Å². The molecule has 0 radical (unpaired) electrons. The zero-order valence-electron chi connectivity index (χ0n) is 13.8. The van der Waals surface area contributed by atoms with Crippen LogP contribution in [0.1, 0.15) is 51.3 Å². The Kier molecular flexibility index (Phi) is 6.65. The summed E-state index contributed by atoms with van der Waals surface area (Å²) in [5, 5.41) is 3.62. The highest BCUT2D eigenvalue weighted by Crippen LogP contribution is 2.34. The predicted molar refractivity (Wildman–Crippen MR) is 87.5 cm³/mol. The predicted octanol–water partition coefficient (Wildman–Crippen LogP) is 3.37. The fourth-order valence-electron chi connectivity index (χ4n) is 3.21. The number of aromatic nitrogens is 1. The molecule has 1 saturated carbocycles. The molecule has 3 heteroatoms. The SMILES string of the molecule is CCNC(Cc1ccc(CC)cn1)CC1CC(OCC)C1. The molecule has 1 aromatic rings. The largest absolute Gasteiger partial charge is 0.378 e. The fourth-order valence-corrected chi connectivity index (χ4v) is 3.21. The van der Waals surface area contributed by atoms with Gasteiger partial charge in [0.2, 0.25) is 0 Å². The van der Waals surface area contributed by atoms with E-state index in [1.54, 1.807) is 0 Å². The molecule has 0 amide bonds. The number of ether oxygens (including phenoxy) is 1. The molecule has 1 fully saturated rings. The van der Waals surface area contributed by atoms with Crippen molar-refractivity contribution in [3.8, 4) is 0 Å². The van der Waals surface area contributed by atoms with Gasteiger partial charge in [0.05, 0.1) is 6.10 Å². The lowest BCUT2D eigenvalue weighted by molar-refractivity contribution is -0.0290. The Morgan fingerprint density at radius 2 is 2.10 bits per heavy atom. The Hall–Kier alpha value is -0.930. The number of likely N-dealkylation sites (N-methyl/N-ethyl adjacent to an activating group) is 1. The maximum absolute atomic E-state index is 5.66. The summed E-state index contributed by atoms with van der Waals surface area (Å²) >= 11 is 0. The Labute approximate surface area is 129 Å². The number of rotatable bonds is 9. The van der Waals surface area contributed by atoms with Crippen molar-refractivity contribution in [2.75, 3.05) is 13.2 Å². The third-order valence-electron chi connectivity index (χ3n) is 4.46. The molecular formula is C18H30N2O. The van der Waals surface area contributed by atoms with E-state index in [2.05, 4.69) is 43.2 Å². The lowest BCUT2D eigenvalue weighted by Gasteiger charge is -2.37. The summed E-state index contributed by atoms with van der Waals surface area (Å²) in [6.45, 7) is 8.31. The fraction of sp³-hybridized carbons (Fsp3) is 0.722. The second kappa shape index (κ2) is 8.50. The second-order valence-corrected chi connectivity index (χ2v) is 6.12. The van der Waals surface area contributed by atoms with Crippen LogP contribution >= 0.6 is 0 Å². The van der Waals surface area contributed by atoms with Gasteiger partial charge in [-0.3, -0.25) is 4.98 Å². The van der Waals surface area contributed by atoms with Gasteiger partial charge in [-0.25, -0.2) is 0 Å². The third kappa shape index (κ3) is 5.08. The van der Waals surface area contributed by atoms with Gasteiger partial charge in [-0.15, -0.1) is 0 Å². The first-order valence-electron chi connectivity index (χ1n) is 8.53. The molecule has 1 N–H and O–H groups in total. The van der Waals surface area contributed by atoms with Crippen LogP contribution in [0.2, 0.25) is 0 Å². The highest BCUT2D eigenvalue weighted by molar-refractivity contribution is 5.14. The zero-order chi connectivity index (χ0) is 15.1. The first-order chi connectivity index (χ1) is 10.2. The standard InChI is InChI=1S/C18H30N2O/c1-4-14-7-8-16(20-13-14)12-17(19-5-2)9-15-10-18(11-15)21-6-3/h7-8,13,15,17-19H,4-6,9-12H2,1-3H3. The van der Waals surface area contributed by atoms with Crippen LogP contribution in [0.5, 0.6) is 0 Å². The number of nitrogens with zero attached hydrogens (tertiary/aromatic N) is 1. The molecule has 0 aromatic carbocycles. The maximum Gasteiger partial charge on any atom is 0.0580 e. The molecule has 0 bridgehead atoms. The molecule has 2 rings (SSSR count). The lowest BCUT2D eigenvalue weighted by atomic mass is 9.77. The molecule has 0 aliphatic heterocycles. The van der Waals surface area contributed by atoms with Crippen LogP contribution in [-0.4, -0.2) is 30.3 Å². The molecule has 0 spiro atoms. The van der Waals surface area contributed by atoms with Crippen LogP contribution in [0.4, 0.5) is 0 Å². The molecule has 118 valence electrons. The van der Waals surface area contributed by atoms with Crippen LogP contribution in [0, 0.1) is 5.92 Å². The van der Waals surface area contributed by atoms with E-state index in [9.17, 15) is 0 Å². The Balaban J connectivity index is 1.81. The van der Waals surface area contributed by atoms with Gasteiger partial charge in [-0.05, 0) is 56.7 Å². The quantitative estimate of drug-likeness (QED) is 0.757. The molecule has 1 aliphatic rings. The van der Waals surface area contributed by atoms with Gasteiger partial charge in [0, 0.05) is 31.0 Å². The van der Waals surface area contributed by atoms with Gasteiger partial charge in [0.1, 0.15) is 0 Å². The van der Waals surface area contributed by atoms with Gasteiger partial charge >= 0.3 is 0 Å². The van der Waals surface area contributed by atoms with Crippen LogP contribution in [0.15, 0.2) is 18.3 Å². The van der Waals surface area contributed by atoms with Crippen LogP contribution in [0.3, 0.4) is 0 Å². The lowest BCUT2D eigenvalue weighted by Crippen LogP contribution is -2.39. The van der Waals surface area contributed by atoms with Crippen LogP contribution in [-0.2, 0) is 17.6 Å². The summed E-state index contributed by atoms with van der Waals surface area (Å²) in [7, 11) is 0. The van der Waals surface area contributed by atoms with Crippen molar-refractivity contribution in [3.63, 3.8) is 0 Å². The number of nitrogens with one attached hydrogen (secondary N) is 1. The summed E-state index contributed by atoms with van der Waals surface area (Å²) in [5.41, 5.74) is 2.52. The zero-order valence-corrected chi connectivity index (χ0v) is 13.8. The third-order valence-corrected chi connectivity index (χ3v) is 4.46. The van der Waals surface area contributed by atoms with E-state index in [0.29, 0.717) is 12.1 Å². The van der Waals surface area contributed by atoms with E-state index in [4.69, 9.17) is 4.74 Å².